The summed E-state index contributed by atoms with van der Waals surface area (Å²) >= 11 is 0. The third kappa shape index (κ3) is 2.49. The number of benzene rings is 4. The highest BCUT2D eigenvalue weighted by Crippen LogP contribution is 2.31. The number of para-hydroxylation sites is 1. The highest BCUT2D eigenvalue weighted by Gasteiger charge is 2.07. The summed E-state index contributed by atoms with van der Waals surface area (Å²) < 4.78 is 0. The fourth-order valence-electron chi connectivity index (χ4n) is 3.74. The molecule has 26 heavy (non-hydrogen) atoms. The van der Waals surface area contributed by atoms with E-state index in [1.54, 1.807) is 0 Å². The average molecular weight is 333 g/mol. The van der Waals surface area contributed by atoms with Gasteiger partial charge in [-0.2, -0.15) is 0 Å². The van der Waals surface area contributed by atoms with E-state index in [4.69, 9.17) is 0 Å². The van der Waals surface area contributed by atoms with Crippen LogP contribution in [0.4, 0.5) is 0 Å². The van der Waals surface area contributed by atoms with Crippen LogP contribution in [0.2, 0.25) is 0 Å². The lowest BCUT2D eigenvalue weighted by Gasteiger charge is -2.07. The maximum Gasteiger partial charge on any atom is 0.0471 e. The summed E-state index contributed by atoms with van der Waals surface area (Å²) in [5.74, 6) is 0. The zero-order valence-corrected chi connectivity index (χ0v) is 14.7. The van der Waals surface area contributed by atoms with Crippen LogP contribution in [-0.4, -0.2) is 4.98 Å². The van der Waals surface area contributed by atoms with E-state index in [-0.39, 0.29) is 0 Å². The predicted octanol–water partition coefficient (Wildman–Crippen LogP) is 6.96. The van der Waals surface area contributed by atoms with Crippen LogP contribution >= 0.6 is 0 Å². The topological polar surface area (TPSA) is 15.8 Å². The van der Waals surface area contributed by atoms with Crippen molar-refractivity contribution in [3.8, 4) is 22.3 Å². The van der Waals surface area contributed by atoms with Gasteiger partial charge in [-0.05, 0) is 47.4 Å². The van der Waals surface area contributed by atoms with E-state index in [2.05, 4.69) is 103 Å². The highest BCUT2D eigenvalue weighted by molar-refractivity contribution is 6.08. The van der Waals surface area contributed by atoms with Crippen LogP contribution in [0.25, 0.3) is 44.1 Å². The Labute approximate surface area is 152 Å². The van der Waals surface area contributed by atoms with Gasteiger partial charge in [0.1, 0.15) is 0 Å². The van der Waals surface area contributed by atoms with Gasteiger partial charge in [0.25, 0.3) is 0 Å². The Morgan fingerprint density at radius 1 is 0.500 bits per heavy atom. The minimum absolute atomic E-state index is 1.18. The summed E-state index contributed by atoms with van der Waals surface area (Å²) in [7, 11) is 0. The Balaban J connectivity index is 1.63. The summed E-state index contributed by atoms with van der Waals surface area (Å²) in [5.41, 5.74) is 8.65. The van der Waals surface area contributed by atoms with Gasteiger partial charge < -0.3 is 4.98 Å². The number of aromatic amines is 1. The average Bonchev–Trinajstić information content (AvgIpc) is 3.06. The molecule has 0 bridgehead atoms. The molecule has 0 unspecified atom stereocenters. The molecule has 1 aromatic heterocycles. The van der Waals surface area contributed by atoms with E-state index in [1.807, 2.05) is 0 Å². The van der Waals surface area contributed by atoms with Gasteiger partial charge in [-0.1, -0.05) is 78.4 Å². The van der Waals surface area contributed by atoms with Gasteiger partial charge in [0.05, 0.1) is 0 Å². The molecule has 1 heteroatoms. The molecule has 0 spiro atoms. The van der Waals surface area contributed by atoms with Crippen LogP contribution in [0.15, 0.2) is 91.0 Å². The number of rotatable bonds is 2. The van der Waals surface area contributed by atoms with Crippen molar-refractivity contribution < 1.29 is 0 Å². The van der Waals surface area contributed by atoms with Gasteiger partial charge in [0, 0.05) is 21.8 Å². The summed E-state index contributed by atoms with van der Waals surface area (Å²) in [6.45, 7) is 2.14. The number of H-pyrrole nitrogens is 1. The van der Waals surface area contributed by atoms with Crippen molar-refractivity contribution in [2.45, 2.75) is 6.92 Å². The molecule has 0 saturated heterocycles. The Morgan fingerprint density at radius 2 is 1.15 bits per heavy atom. The van der Waals surface area contributed by atoms with Gasteiger partial charge >= 0.3 is 0 Å². The monoisotopic (exact) mass is 333 g/mol. The molecule has 0 saturated carbocycles. The smallest absolute Gasteiger partial charge is 0.0471 e. The zero-order chi connectivity index (χ0) is 17.5. The number of aromatic nitrogens is 1. The van der Waals surface area contributed by atoms with E-state index in [0.717, 1.165) is 0 Å². The fourth-order valence-corrected chi connectivity index (χ4v) is 3.74. The van der Waals surface area contributed by atoms with Crippen molar-refractivity contribution in [1.82, 2.24) is 4.98 Å². The molecular formula is C25H19N. The lowest BCUT2D eigenvalue weighted by Crippen LogP contribution is -1.82. The summed E-state index contributed by atoms with van der Waals surface area (Å²) in [6, 6.07) is 32.6. The van der Waals surface area contributed by atoms with Crippen LogP contribution in [0, 0.1) is 6.92 Å². The number of hydrogen-bond donors (Lipinski definition) is 1. The van der Waals surface area contributed by atoms with Crippen molar-refractivity contribution in [1.29, 1.82) is 0 Å². The summed E-state index contributed by atoms with van der Waals surface area (Å²) in [4.78, 5) is 3.54. The number of fused-ring (bicyclic) bond motifs is 3. The van der Waals surface area contributed by atoms with Gasteiger partial charge in [-0.15, -0.1) is 0 Å². The fraction of sp³-hybridized carbons (Fsp3) is 0.0400. The first-order chi connectivity index (χ1) is 12.8. The highest BCUT2D eigenvalue weighted by atomic mass is 14.7. The Hall–Kier alpha value is -3.32. The molecule has 0 aliphatic heterocycles. The molecular weight excluding hydrogens is 314 g/mol. The molecule has 124 valence electrons. The van der Waals surface area contributed by atoms with Gasteiger partial charge in [-0.3, -0.25) is 0 Å². The van der Waals surface area contributed by atoms with E-state index in [1.165, 1.54) is 49.6 Å². The van der Waals surface area contributed by atoms with Crippen LogP contribution in [0.3, 0.4) is 0 Å². The molecule has 0 radical (unpaired) electrons. The van der Waals surface area contributed by atoms with Crippen LogP contribution < -0.4 is 0 Å². The normalized spacial score (nSPS) is 11.3. The Morgan fingerprint density at radius 3 is 1.96 bits per heavy atom. The lowest BCUT2D eigenvalue weighted by atomic mass is 9.97. The molecule has 1 nitrogen and oxygen atoms in total. The molecule has 5 rings (SSSR count). The molecule has 4 aromatic carbocycles. The molecule has 1 N–H and O–H groups in total. The largest absolute Gasteiger partial charge is 0.354 e. The van der Waals surface area contributed by atoms with Gasteiger partial charge in [0.2, 0.25) is 0 Å². The lowest BCUT2D eigenvalue weighted by molar-refractivity contribution is 1.47. The second-order valence-electron chi connectivity index (χ2n) is 6.88. The van der Waals surface area contributed by atoms with Crippen LogP contribution in [0.1, 0.15) is 5.56 Å². The molecule has 5 aromatic rings. The number of hydrogen-bond acceptors (Lipinski definition) is 0. The van der Waals surface area contributed by atoms with Crippen molar-refractivity contribution >= 4 is 21.8 Å². The Kier molecular flexibility index (Phi) is 3.39. The van der Waals surface area contributed by atoms with E-state index < -0.39 is 0 Å². The van der Waals surface area contributed by atoms with E-state index in [0.29, 0.717) is 0 Å². The van der Waals surface area contributed by atoms with Crippen LogP contribution in [0.5, 0.6) is 0 Å². The first-order valence-corrected chi connectivity index (χ1v) is 8.96. The maximum atomic E-state index is 3.54. The molecule has 0 fully saturated rings. The van der Waals surface area contributed by atoms with Crippen molar-refractivity contribution in [2.24, 2.45) is 0 Å². The first kappa shape index (κ1) is 15.0. The maximum absolute atomic E-state index is 3.54. The molecule has 0 amide bonds. The molecule has 0 atom stereocenters. The second kappa shape index (κ2) is 5.89. The zero-order valence-electron chi connectivity index (χ0n) is 14.7. The SMILES string of the molecule is Cc1cccc(-c2cccc(-c3ccc4c(c3)[nH]c3ccccc34)c2)c1. The summed E-state index contributed by atoms with van der Waals surface area (Å²) in [5, 5.41) is 2.56. The van der Waals surface area contributed by atoms with Crippen molar-refractivity contribution in [3.05, 3.63) is 96.6 Å². The quantitative estimate of drug-likeness (QED) is 0.359. The van der Waals surface area contributed by atoms with Gasteiger partial charge in [-0.25, -0.2) is 0 Å². The first-order valence-electron chi connectivity index (χ1n) is 8.96. The predicted molar refractivity (Wildman–Crippen MR) is 111 cm³/mol. The third-order valence-corrected chi connectivity index (χ3v) is 5.05. The van der Waals surface area contributed by atoms with Crippen molar-refractivity contribution in [2.75, 3.05) is 0 Å². The van der Waals surface area contributed by atoms with E-state index in [9.17, 15) is 0 Å². The van der Waals surface area contributed by atoms with Crippen LogP contribution in [-0.2, 0) is 0 Å². The standard InChI is InChI=1S/C25H19N/c1-17-6-4-7-18(14-17)19-8-5-9-20(15-19)21-12-13-23-22-10-2-3-11-24(22)26-25(23)16-21/h2-16,26H,1H3. The number of nitrogens with one attached hydrogen (secondary N) is 1. The van der Waals surface area contributed by atoms with Crippen molar-refractivity contribution in [3.63, 3.8) is 0 Å². The van der Waals surface area contributed by atoms with Gasteiger partial charge in [0.15, 0.2) is 0 Å². The van der Waals surface area contributed by atoms with E-state index >= 15 is 0 Å². The minimum Gasteiger partial charge on any atom is -0.354 e. The molecule has 0 aliphatic rings. The third-order valence-electron chi connectivity index (χ3n) is 5.05. The Bertz CT molecular complexity index is 1240. The summed E-state index contributed by atoms with van der Waals surface area (Å²) in [6.07, 6.45) is 0. The second-order valence-corrected chi connectivity index (χ2v) is 6.88. The minimum atomic E-state index is 1.18. The molecule has 0 aliphatic carbocycles. The molecule has 1 heterocycles. The number of aryl methyl sites for hydroxylation is 1.